The van der Waals surface area contributed by atoms with E-state index in [2.05, 4.69) is 38.0 Å². The molecule has 3 aliphatic heterocycles. The zero-order valence-corrected chi connectivity index (χ0v) is 58.8. The van der Waals surface area contributed by atoms with Gasteiger partial charge in [-0.05, 0) is 53.1 Å². The molecule has 33 heteroatoms. The summed E-state index contributed by atoms with van der Waals surface area (Å²) >= 11 is 2.07. The summed E-state index contributed by atoms with van der Waals surface area (Å²) < 4.78 is 124. The van der Waals surface area contributed by atoms with E-state index in [9.17, 15) is 41.3 Å². The standard InChI is InChI=1S/C40H46O12S2.C9H18O9S2.CH2O3.FH.H2IP.2K.H/c1-44-32-15-9-28(10-16-32)21-47-25-38-39(49-23-30-13-19-34(46-3)20-14-30)37(48-22-29-11-17-33(45-2)18-12-29)27-53(38)26-36-35(52-54(41,42)43)24-50-40(51-36)31-7-5-4-6-8-31;10-1-7(18-20(15,16)17)5(12)3-19-4-6(13)9(14)8(19)2-11;2-1-4-3;;1-2;;;/h4-20,35-40H,21-27H2,1-3H3;5-14H,1-4H2;1,3H;1H;2H2;;;/q;;;;;2*+1;-1/p-1/t35-,36+,37-,38+,39-,40?,53?;5-,6+,7+,8-,9+,19?;;;;;;/m01....../s1. The normalized spacial score (nSPS) is 24.3. The van der Waals surface area contributed by atoms with E-state index in [4.69, 9.17) is 62.3 Å². The van der Waals surface area contributed by atoms with Crippen LogP contribution in [0.5, 0.6) is 17.2 Å². The van der Waals surface area contributed by atoms with Gasteiger partial charge in [0.1, 0.15) is 89.1 Å². The van der Waals surface area contributed by atoms with Gasteiger partial charge >= 0.3 is 103 Å². The summed E-state index contributed by atoms with van der Waals surface area (Å²) in [5.74, 6) is 3.20. The molecule has 24 nitrogen and oxygen atoms in total. The topological polar surface area (TPSA) is 357 Å². The number of halogens is 2. The van der Waals surface area contributed by atoms with Crippen LogP contribution >= 0.6 is 28.9 Å². The number of benzene rings is 4. The molecule has 3 fully saturated rings. The van der Waals surface area contributed by atoms with E-state index in [0.717, 1.165) is 39.5 Å². The van der Waals surface area contributed by atoms with Crippen molar-refractivity contribution in [3.8, 4) is 17.2 Å². The molecule has 458 valence electrons. The van der Waals surface area contributed by atoms with Crippen LogP contribution in [0.4, 0.5) is 4.70 Å². The summed E-state index contributed by atoms with van der Waals surface area (Å²) in [4.78, 5) is 11.2. The second kappa shape index (κ2) is 43.0. The molecule has 83 heavy (non-hydrogen) atoms. The number of hydrogen-bond donors (Lipinski definition) is 5. The molecule has 14 atom stereocenters. The number of hydrogen-bond acceptors (Lipinski definition) is 24. The van der Waals surface area contributed by atoms with Crippen molar-refractivity contribution in [2.24, 2.45) is 0 Å². The first-order chi connectivity index (χ1) is 38.3. The van der Waals surface area contributed by atoms with E-state index in [1.165, 1.54) is 0 Å². The Morgan fingerprint density at radius 2 is 1.25 bits per heavy atom. The number of rotatable bonds is 26. The number of aliphatic hydroxyl groups excluding tert-OH is 5. The molecule has 3 aliphatic rings. The average molecular weight is 1440 g/mol. The number of ether oxygens (including phenoxy) is 8. The van der Waals surface area contributed by atoms with E-state index < -0.39 is 110 Å². The Morgan fingerprint density at radius 1 is 0.747 bits per heavy atom. The van der Waals surface area contributed by atoms with E-state index >= 15 is 0 Å². The monoisotopic (exact) mass is 1440 g/mol. The zero-order valence-electron chi connectivity index (χ0n) is 47.0. The smallest absolute Gasteiger partial charge is 1.00 e. The van der Waals surface area contributed by atoms with Gasteiger partial charge in [-0.2, -0.15) is 0 Å². The van der Waals surface area contributed by atoms with Crippen LogP contribution in [0.2, 0.25) is 0 Å². The van der Waals surface area contributed by atoms with Crippen LogP contribution in [0.15, 0.2) is 103 Å². The van der Waals surface area contributed by atoms with Crippen LogP contribution in [-0.2, 0) is 104 Å². The molecule has 4 aromatic rings. The number of carbonyl (C=O) groups is 1. The zero-order chi connectivity index (χ0) is 58.8. The van der Waals surface area contributed by atoms with Crippen molar-refractivity contribution >= 4 is 78.0 Å². The van der Waals surface area contributed by atoms with Crippen LogP contribution < -0.4 is 122 Å². The first-order valence-electron chi connectivity index (χ1n) is 24.1. The summed E-state index contributed by atoms with van der Waals surface area (Å²) in [6.07, 6.45) is -8.72. The molecule has 4 aromatic carbocycles. The Labute approximate surface area is 590 Å². The molecule has 0 bridgehead atoms. The third-order valence-electron chi connectivity index (χ3n) is 12.3. The molecule has 0 saturated carbocycles. The van der Waals surface area contributed by atoms with Crippen molar-refractivity contribution in [3.63, 3.8) is 0 Å². The predicted octanol–water partition coefficient (Wildman–Crippen LogP) is -4.82. The largest absolute Gasteiger partial charge is 1.00 e. The van der Waals surface area contributed by atoms with Gasteiger partial charge < -0.3 is 84.1 Å². The summed E-state index contributed by atoms with van der Waals surface area (Å²) in [6.45, 7) is 2.10. The predicted molar refractivity (Wildman–Crippen MR) is 303 cm³/mol. The van der Waals surface area contributed by atoms with Crippen molar-refractivity contribution in [2.75, 3.05) is 70.8 Å². The van der Waals surface area contributed by atoms with Gasteiger partial charge in [0, 0.05) is 27.4 Å². The van der Waals surface area contributed by atoms with Crippen molar-refractivity contribution in [1.82, 2.24) is 0 Å². The molecule has 5 N–H and O–H groups in total. The molecule has 7 rings (SSSR count). The van der Waals surface area contributed by atoms with Gasteiger partial charge in [0.25, 0.3) is 6.47 Å². The Balaban J connectivity index is 0.00000193. The maximum atomic E-state index is 11.9. The fourth-order valence-electron chi connectivity index (χ4n) is 8.40. The first kappa shape index (κ1) is 81.1. The van der Waals surface area contributed by atoms with Gasteiger partial charge in [-0.1, -0.05) is 95.7 Å². The van der Waals surface area contributed by atoms with Gasteiger partial charge in [-0.15, -0.1) is 0 Å². The van der Waals surface area contributed by atoms with E-state index in [1.54, 1.807) is 21.3 Å². The number of carbonyl (C=O) groups excluding carboxylic acids is 1. The Morgan fingerprint density at radius 3 is 1.71 bits per heavy atom. The van der Waals surface area contributed by atoms with Crippen molar-refractivity contribution in [1.29, 1.82) is 0 Å². The molecule has 0 spiro atoms. The van der Waals surface area contributed by atoms with Crippen molar-refractivity contribution in [3.05, 3.63) is 125 Å². The number of aliphatic hydroxyl groups is 5. The molecule has 0 aliphatic carbocycles. The summed E-state index contributed by atoms with van der Waals surface area (Å²) in [7, 11) is -6.57. The SMILES string of the molecule is COc1ccc(COC[C@@H]2[C@@H](OCc3ccc(OC)cc3)[C@@H](OCc3ccc(OC)cc3)C[S+]2C[C@H]2OC(c3ccccc3)OC[C@@H]2OS(=O)(=O)[O-])cc1.F.O=CO[O-].O=S(=O)([O-])O[C@@H](CO)[C@H](O)C[S+]1C[C@H](O)[C@H](O)[C@H]1CO.PI.[H-].[K+].[K+]. The van der Waals surface area contributed by atoms with Crippen LogP contribution in [0.25, 0.3) is 0 Å². The fraction of sp³-hybridized carbons (Fsp3) is 0.500. The maximum Gasteiger partial charge on any atom is 1.00 e. The van der Waals surface area contributed by atoms with Crippen molar-refractivity contribution in [2.45, 2.75) is 85.4 Å². The third kappa shape index (κ3) is 28.4. The second-order valence-electron chi connectivity index (χ2n) is 17.5. The maximum absolute atomic E-state index is 11.9. The molecule has 0 amide bonds. The average Bonchev–Trinajstić information content (AvgIpc) is 4.14. The van der Waals surface area contributed by atoms with Crippen LogP contribution in [0, 0.1) is 0 Å². The van der Waals surface area contributed by atoms with Gasteiger partial charge in [0.2, 0.25) is 20.8 Å². The van der Waals surface area contributed by atoms with Gasteiger partial charge in [-0.25, -0.2) is 16.8 Å². The molecule has 0 radical (unpaired) electrons. The van der Waals surface area contributed by atoms with Crippen LogP contribution in [0.3, 0.4) is 0 Å². The molecule has 3 heterocycles. The Hall–Kier alpha value is 0.113. The minimum absolute atomic E-state index is 0. The van der Waals surface area contributed by atoms with Crippen molar-refractivity contribution < 1.29 is 222 Å². The Kier molecular flexibility index (Phi) is 42.0. The summed E-state index contributed by atoms with van der Waals surface area (Å²) in [5, 5.41) is 54.6. The number of methoxy groups -OCH3 is 3. The van der Waals surface area contributed by atoms with E-state index in [0.29, 0.717) is 37.9 Å². The molecule has 4 unspecified atom stereocenters. The summed E-state index contributed by atoms with van der Waals surface area (Å²) in [6, 6.07) is 32.4. The van der Waals surface area contributed by atoms with Gasteiger partial charge in [-0.3, -0.25) is 17.9 Å². The van der Waals surface area contributed by atoms with Gasteiger partial charge in [0.05, 0.1) is 67.6 Å². The summed E-state index contributed by atoms with van der Waals surface area (Å²) in [5.41, 5.74) is 3.67. The fourth-order valence-corrected chi connectivity index (χ4v) is 15.1. The van der Waals surface area contributed by atoms with Crippen LogP contribution in [-0.4, -0.2) is 188 Å². The van der Waals surface area contributed by atoms with Gasteiger partial charge in [0.15, 0.2) is 16.8 Å². The molecular formula is C50H69FIK2O24PS4. The minimum Gasteiger partial charge on any atom is -1.00 e. The minimum atomic E-state index is -5.07. The quantitative estimate of drug-likeness (QED) is 0.00453. The molecule has 3 saturated heterocycles. The Bertz CT molecular complexity index is 2610. The molecule has 0 aromatic heterocycles. The first-order valence-corrected chi connectivity index (χ1v) is 34.2. The van der Waals surface area contributed by atoms with E-state index in [-0.39, 0.29) is 145 Å². The molecular weight excluding hydrogens is 1370 g/mol. The van der Waals surface area contributed by atoms with E-state index in [1.807, 2.05) is 103 Å². The second-order valence-corrected chi connectivity index (χ2v) is 24.2. The third-order valence-corrected chi connectivity index (χ3v) is 18.9. The van der Waals surface area contributed by atoms with Crippen LogP contribution in [0.1, 0.15) is 30.0 Å².